The number of halogens is 1. The number of benzene rings is 1. The van der Waals surface area contributed by atoms with E-state index in [0.29, 0.717) is 0 Å². The van der Waals surface area contributed by atoms with E-state index >= 15 is 0 Å². The van der Waals surface area contributed by atoms with Gasteiger partial charge < -0.3 is 4.90 Å². The zero-order valence-corrected chi connectivity index (χ0v) is 13.2. The molecule has 0 atom stereocenters. The van der Waals surface area contributed by atoms with Crippen LogP contribution in [0, 0.1) is 0 Å². The Balaban J connectivity index is 1.98. The smallest absolute Gasteiger partial charge is 0.0363 e. The van der Waals surface area contributed by atoms with Crippen molar-refractivity contribution in [3.63, 3.8) is 0 Å². The van der Waals surface area contributed by atoms with Gasteiger partial charge in [-0.25, -0.2) is 0 Å². The van der Waals surface area contributed by atoms with Gasteiger partial charge in [-0.1, -0.05) is 66.2 Å². The first-order valence-corrected chi connectivity index (χ1v) is 8.29. The van der Waals surface area contributed by atoms with Crippen LogP contribution in [0.25, 0.3) is 0 Å². The van der Waals surface area contributed by atoms with Gasteiger partial charge in [0, 0.05) is 24.6 Å². The summed E-state index contributed by atoms with van der Waals surface area (Å²) in [7, 11) is 2.19. The van der Waals surface area contributed by atoms with Crippen LogP contribution in [0.5, 0.6) is 0 Å². The summed E-state index contributed by atoms with van der Waals surface area (Å²) >= 11 is 3.48. The Bertz CT molecular complexity index is 286. The molecule has 0 aliphatic carbocycles. The molecule has 0 bridgehead atoms. The Morgan fingerprint density at radius 1 is 0.833 bits per heavy atom. The molecule has 1 aromatic rings. The van der Waals surface area contributed by atoms with E-state index in [9.17, 15) is 0 Å². The number of unbranched alkanes of at least 4 members (excludes halogenated alkanes) is 6. The third kappa shape index (κ3) is 7.05. The zero-order chi connectivity index (χ0) is 13.1. The van der Waals surface area contributed by atoms with Gasteiger partial charge in [0.1, 0.15) is 0 Å². The van der Waals surface area contributed by atoms with Crippen molar-refractivity contribution in [2.75, 3.05) is 23.8 Å². The van der Waals surface area contributed by atoms with Crippen molar-refractivity contribution in [1.29, 1.82) is 0 Å². The van der Waals surface area contributed by atoms with Crippen LogP contribution in [0.2, 0.25) is 0 Å². The molecule has 0 N–H and O–H groups in total. The third-order valence-corrected chi connectivity index (χ3v) is 3.88. The summed E-state index contributed by atoms with van der Waals surface area (Å²) in [6.07, 6.45) is 9.59. The molecule has 0 saturated carbocycles. The van der Waals surface area contributed by atoms with Crippen LogP contribution in [0.15, 0.2) is 30.3 Å². The number of para-hydroxylation sites is 1. The van der Waals surface area contributed by atoms with Gasteiger partial charge in [-0.3, -0.25) is 0 Å². The maximum absolute atomic E-state index is 3.48. The van der Waals surface area contributed by atoms with Gasteiger partial charge >= 0.3 is 0 Å². The van der Waals surface area contributed by atoms with E-state index in [1.165, 1.54) is 57.2 Å². The molecule has 0 aliphatic heterocycles. The van der Waals surface area contributed by atoms with Crippen LogP contribution in [-0.4, -0.2) is 18.9 Å². The van der Waals surface area contributed by atoms with Crippen molar-refractivity contribution in [2.45, 2.75) is 44.9 Å². The van der Waals surface area contributed by atoms with Crippen molar-refractivity contribution in [2.24, 2.45) is 0 Å². The fourth-order valence-electron chi connectivity index (χ4n) is 2.14. The molecule has 102 valence electrons. The second kappa shape index (κ2) is 10.4. The van der Waals surface area contributed by atoms with E-state index in [-0.39, 0.29) is 0 Å². The van der Waals surface area contributed by atoms with E-state index in [2.05, 4.69) is 58.2 Å². The molecule has 1 rings (SSSR count). The molecule has 0 unspecified atom stereocenters. The molecule has 0 heterocycles. The van der Waals surface area contributed by atoms with Crippen LogP contribution in [0.4, 0.5) is 5.69 Å². The fourth-order valence-corrected chi connectivity index (χ4v) is 2.54. The van der Waals surface area contributed by atoms with Crippen molar-refractivity contribution >= 4 is 21.6 Å². The molecule has 0 aliphatic rings. The highest BCUT2D eigenvalue weighted by molar-refractivity contribution is 9.09. The number of hydrogen-bond acceptors (Lipinski definition) is 1. The zero-order valence-electron chi connectivity index (χ0n) is 11.6. The van der Waals surface area contributed by atoms with Crippen LogP contribution in [0.3, 0.4) is 0 Å². The summed E-state index contributed by atoms with van der Waals surface area (Å²) in [5.41, 5.74) is 1.33. The SMILES string of the molecule is CN(CCCCCCCCCBr)c1ccccc1. The first kappa shape index (κ1) is 15.6. The molecule has 1 nitrogen and oxygen atoms in total. The second-order valence-electron chi connectivity index (χ2n) is 4.92. The summed E-state index contributed by atoms with van der Waals surface area (Å²) in [6, 6.07) is 10.6. The number of nitrogens with zero attached hydrogens (tertiary/aromatic N) is 1. The summed E-state index contributed by atoms with van der Waals surface area (Å²) in [4.78, 5) is 2.35. The molecule has 0 saturated heterocycles. The van der Waals surface area contributed by atoms with Crippen LogP contribution in [0.1, 0.15) is 44.9 Å². The number of hydrogen-bond donors (Lipinski definition) is 0. The van der Waals surface area contributed by atoms with E-state index in [4.69, 9.17) is 0 Å². The Kier molecular flexibility index (Phi) is 9.01. The van der Waals surface area contributed by atoms with E-state index in [1.807, 2.05) is 0 Å². The summed E-state index contributed by atoms with van der Waals surface area (Å²) in [5.74, 6) is 0. The number of anilines is 1. The van der Waals surface area contributed by atoms with Gasteiger partial charge in [0.25, 0.3) is 0 Å². The highest BCUT2D eigenvalue weighted by atomic mass is 79.9. The lowest BCUT2D eigenvalue weighted by molar-refractivity contribution is 0.590. The predicted molar refractivity (Wildman–Crippen MR) is 85.8 cm³/mol. The second-order valence-corrected chi connectivity index (χ2v) is 5.71. The average molecular weight is 312 g/mol. The lowest BCUT2D eigenvalue weighted by atomic mass is 10.1. The summed E-state index contributed by atoms with van der Waals surface area (Å²) in [5, 5.41) is 1.16. The van der Waals surface area contributed by atoms with E-state index in [1.54, 1.807) is 0 Å². The van der Waals surface area contributed by atoms with Crippen LogP contribution < -0.4 is 4.90 Å². The Morgan fingerprint density at radius 2 is 1.39 bits per heavy atom. The van der Waals surface area contributed by atoms with E-state index in [0.717, 1.165) is 5.33 Å². The molecular formula is C16H26BrN. The minimum atomic E-state index is 1.16. The molecule has 18 heavy (non-hydrogen) atoms. The fraction of sp³-hybridized carbons (Fsp3) is 0.625. The van der Waals surface area contributed by atoms with Gasteiger partial charge in [0.15, 0.2) is 0 Å². The topological polar surface area (TPSA) is 3.24 Å². The Morgan fingerprint density at radius 3 is 2.00 bits per heavy atom. The predicted octanol–water partition coefficient (Wildman–Crippen LogP) is 5.25. The quantitative estimate of drug-likeness (QED) is 0.421. The molecule has 0 fully saturated rings. The standard InChI is InChI=1S/C16H26BrN/c1-18(16-12-8-7-9-13-16)15-11-6-4-2-3-5-10-14-17/h7-9,12-13H,2-6,10-11,14-15H2,1H3. The Labute approximate surface area is 121 Å². The molecule has 0 radical (unpaired) electrons. The van der Waals surface area contributed by atoms with Crippen LogP contribution in [-0.2, 0) is 0 Å². The average Bonchev–Trinajstić information content (AvgIpc) is 2.42. The first-order chi connectivity index (χ1) is 8.84. The maximum Gasteiger partial charge on any atom is 0.0363 e. The van der Waals surface area contributed by atoms with Crippen molar-refractivity contribution in [1.82, 2.24) is 0 Å². The first-order valence-electron chi connectivity index (χ1n) is 7.16. The third-order valence-electron chi connectivity index (χ3n) is 3.32. The largest absolute Gasteiger partial charge is 0.375 e. The summed E-state index contributed by atoms with van der Waals surface area (Å²) < 4.78 is 0. The van der Waals surface area contributed by atoms with Gasteiger partial charge in [-0.2, -0.15) is 0 Å². The van der Waals surface area contributed by atoms with Crippen molar-refractivity contribution in [3.8, 4) is 0 Å². The number of rotatable bonds is 10. The minimum Gasteiger partial charge on any atom is -0.375 e. The van der Waals surface area contributed by atoms with Gasteiger partial charge in [0.05, 0.1) is 0 Å². The molecule has 1 aromatic carbocycles. The molecular weight excluding hydrogens is 286 g/mol. The number of alkyl halides is 1. The molecule has 2 heteroatoms. The van der Waals surface area contributed by atoms with Crippen LogP contribution >= 0.6 is 15.9 Å². The lowest BCUT2D eigenvalue weighted by Crippen LogP contribution is -2.18. The Hall–Kier alpha value is -0.500. The normalized spacial score (nSPS) is 10.6. The molecule has 0 amide bonds. The highest BCUT2D eigenvalue weighted by Gasteiger charge is 1.98. The summed E-state index contributed by atoms with van der Waals surface area (Å²) in [6.45, 7) is 1.17. The van der Waals surface area contributed by atoms with E-state index < -0.39 is 0 Å². The highest BCUT2D eigenvalue weighted by Crippen LogP contribution is 2.13. The maximum atomic E-state index is 3.48. The molecule has 0 spiro atoms. The minimum absolute atomic E-state index is 1.16. The van der Waals surface area contributed by atoms with Gasteiger partial charge in [0.2, 0.25) is 0 Å². The monoisotopic (exact) mass is 311 g/mol. The lowest BCUT2D eigenvalue weighted by Gasteiger charge is -2.18. The van der Waals surface area contributed by atoms with Gasteiger partial charge in [-0.05, 0) is 25.0 Å². The van der Waals surface area contributed by atoms with Crippen molar-refractivity contribution < 1.29 is 0 Å². The van der Waals surface area contributed by atoms with Crippen molar-refractivity contribution in [3.05, 3.63) is 30.3 Å². The van der Waals surface area contributed by atoms with Gasteiger partial charge in [-0.15, -0.1) is 0 Å². The molecule has 0 aromatic heterocycles.